The third kappa shape index (κ3) is 11.5. The van der Waals surface area contributed by atoms with E-state index in [2.05, 4.69) is 18.8 Å². The summed E-state index contributed by atoms with van der Waals surface area (Å²) in [5, 5.41) is 3.45. The van der Waals surface area contributed by atoms with Gasteiger partial charge in [0.25, 0.3) is 0 Å². The van der Waals surface area contributed by atoms with Gasteiger partial charge < -0.3 is 14.8 Å². The van der Waals surface area contributed by atoms with Crippen LogP contribution in [-0.4, -0.2) is 39.5 Å². The Kier molecular flexibility index (Phi) is 11.4. The summed E-state index contributed by atoms with van der Waals surface area (Å²) in [7, 11) is 1.69. The average molecular weight is 215 g/mol. The Labute approximate surface area is 93.8 Å². The van der Waals surface area contributed by atoms with E-state index >= 15 is 0 Å². The van der Waals surface area contributed by atoms with Crippen molar-refractivity contribution >= 4 is 0 Å². The van der Waals surface area contributed by atoms with Crippen molar-refractivity contribution in [2.45, 2.75) is 32.2 Å². The molecule has 1 N–H and O–H groups in total. The minimum Gasteiger partial charge on any atom is -0.382 e. The maximum atomic E-state index is 5.36. The van der Waals surface area contributed by atoms with E-state index in [1.807, 2.05) is 6.08 Å². The summed E-state index contributed by atoms with van der Waals surface area (Å²) < 4.78 is 10.2. The second kappa shape index (κ2) is 11.7. The fourth-order valence-corrected chi connectivity index (χ4v) is 1.24. The zero-order chi connectivity index (χ0) is 11.4. The largest absolute Gasteiger partial charge is 0.382 e. The third-order valence-corrected chi connectivity index (χ3v) is 2.19. The summed E-state index contributed by atoms with van der Waals surface area (Å²) in [5.74, 6) is 0. The first-order chi connectivity index (χ1) is 7.31. The number of ether oxygens (including phenoxy) is 2. The van der Waals surface area contributed by atoms with E-state index < -0.39 is 0 Å². The molecular weight excluding hydrogens is 190 g/mol. The molecule has 0 bridgehead atoms. The highest BCUT2D eigenvalue weighted by Gasteiger charge is 1.98. The van der Waals surface area contributed by atoms with E-state index in [0.29, 0.717) is 19.3 Å². The third-order valence-electron chi connectivity index (χ3n) is 2.19. The van der Waals surface area contributed by atoms with E-state index in [1.54, 1.807) is 7.11 Å². The predicted molar refractivity (Wildman–Crippen MR) is 64.2 cm³/mol. The van der Waals surface area contributed by atoms with Crippen LogP contribution in [-0.2, 0) is 9.47 Å². The molecular formula is C12H25NO2. The van der Waals surface area contributed by atoms with Gasteiger partial charge in [-0.2, -0.15) is 0 Å². The normalized spacial score (nSPS) is 12.7. The molecule has 1 atom stereocenters. The van der Waals surface area contributed by atoms with E-state index in [1.165, 1.54) is 0 Å². The van der Waals surface area contributed by atoms with Crippen LogP contribution in [0.3, 0.4) is 0 Å². The summed E-state index contributed by atoms with van der Waals surface area (Å²) in [6, 6.07) is 0.571. The molecule has 0 spiro atoms. The highest BCUT2D eigenvalue weighted by molar-refractivity contribution is 4.70. The van der Waals surface area contributed by atoms with Gasteiger partial charge in [-0.3, -0.25) is 0 Å². The lowest BCUT2D eigenvalue weighted by atomic mass is 10.2. The highest BCUT2D eigenvalue weighted by atomic mass is 16.5. The summed E-state index contributed by atoms with van der Waals surface area (Å²) in [4.78, 5) is 0. The molecule has 0 heterocycles. The first-order valence-corrected chi connectivity index (χ1v) is 5.72. The van der Waals surface area contributed by atoms with Gasteiger partial charge in [0.1, 0.15) is 0 Å². The standard InChI is InChI=1S/C12H25NO2/c1-4-5-7-12(2)13-8-6-9-15-11-10-14-3/h4,12-13H,1,5-11H2,2-3H3. The quantitative estimate of drug-likeness (QED) is 0.422. The Hall–Kier alpha value is -0.380. The Morgan fingerprint density at radius 2 is 2.13 bits per heavy atom. The zero-order valence-corrected chi connectivity index (χ0v) is 10.1. The van der Waals surface area contributed by atoms with Crippen molar-refractivity contribution in [1.82, 2.24) is 5.32 Å². The van der Waals surface area contributed by atoms with E-state index in [4.69, 9.17) is 9.47 Å². The van der Waals surface area contributed by atoms with Gasteiger partial charge >= 0.3 is 0 Å². The van der Waals surface area contributed by atoms with Crippen molar-refractivity contribution in [3.8, 4) is 0 Å². The molecule has 0 aromatic heterocycles. The lowest BCUT2D eigenvalue weighted by Gasteiger charge is -2.12. The number of hydrogen-bond donors (Lipinski definition) is 1. The Balaban J connectivity index is 3.05. The van der Waals surface area contributed by atoms with Crippen molar-refractivity contribution in [2.24, 2.45) is 0 Å². The Bertz CT molecular complexity index is 140. The van der Waals surface area contributed by atoms with Crippen LogP contribution in [0, 0.1) is 0 Å². The van der Waals surface area contributed by atoms with Crippen LogP contribution in [0.1, 0.15) is 26.2 Å². The van der Waals surface area contributed by atoms with E-state index in [0.717, 1.165) is 32.4 Å². The van der Waals surface area contributed by atoms with Crippen molar-refractivity contribution in [3.63, 3.8) is 0 Å². The summed E-state index contributed by atoms with van der Waals surface area (Å²) in [5.41, 5.74) is 0. The zero-order valence-electron chi connectivity index (χ0n) is 10.1. The van der Waals surface area contributed by atoms with Crippen molar-refractivity contribution in [3.05, 3.63) is 12.7 Å². The molecule has 0 saturated carbocycles. The molecule has 1 unspecified atom stereocenters. The smallest absolute Gasteiger partial charge is 0.0700 e. The molecule has 3 nitrogen and oxygen atoms in total. The number of methoxy groups -OCH3 is 1. The SMILES string of the molecule is C=CCCC(C)NCCCOCCOC. The molecule has 0 aliphatic carbocycles. The fourth-order valence-electron chi connectivity index (χ4n) is 1.24. The van der Waals surface area contributed by atoms with Crippen LogP contribution in [0.4, 0.5) is 0 Å². The van der Waals surface area contributed by atoms with Crippen LogP contribution in [0.25, 0.3) is 0 Å². The molecule has 15 heavy (non-hydrogen) atoms. The minimum atomic E-state index is 0.571. The molecule has 0 aliphatic heterocycles. The van der Waals surface area contributed by atoms with Crippen LogP contribution in [0.2, 0.25) is 0 Å². The molecule has 0 fully saturated rings. The maximum absolute atomic E-state index is 5.36. The number of rotatable bonds is 11. The van der Waals surface area contributed by atoms with Crippen LogP contribution >= 0.6 is 0 Å². The first kappa shape index (κ1) is 14.6. The van der Waals surface area contributed by atoms with Crippen molar-refractivity contribution < 1.29 is 9.47 Å². The van der Waals surface area contributed by atoms with Gasteiger partial charge in [-0.1, -0.05) is 6.08 Å². The molecule has 0 radical (unpaired) electrons. The monoisotopic (exact) mass is 215 g/mol. The molecule has 3 heteroatoms. The molecule has 0 aromatic rings. The molecule has 0 aromatic carbocycles. The topological polar surface area (TPSA) is 30.5 Å². The van der Waals surface area contributed by atoms with E-state index in [-0.39, 0.29) is 0 Å². The highest BCUT2D eigenvalue weighted by Crippen LogP contribution is 1.96. The first-order valence-electron chi connectivity index (χ1n) is 5.72. The Morgan fingerprint density at radius 3 is 2.80 bits per heavy atom. The Morgan fingerprint density at radius 1 is 1.33 bits per heavy atom. The average Bonchev–Trinajstić information content (AvgIpc) is 2.25. The summed E-state index contributed by atoms with van der Waals surface area (Å²) in [6.45, 7) is 9.12. The van der Waals surface area contributed by atoms with Gasteiger partial charge in [-0.25, -0.2) is 0 Å². The van der Waals surface area contributed by atoms with Gasteiger partial charge in [0.15, 0.2) is 0 Å². The van der Waals surface area contributed by atoms with E-state index in [9.17, 15) is 0 Å². The molecule has 0 aliphatic rings. The second-order valence-corrected chi connectivity index (χ2v) is 3.68. The van der Waals surface area contributed by atoms with Crippen molar-refractivity contribution in [1.29, 1.82) is 0 Å². The fraction of sp³-hybridized carbons (Fsp3) is 0.833. The number of hydrogen-bond acceptors (Lipinski definition) is 3. The molecule has 0 amide bonds. The summed E-state index contributed by atoms with van der Waals surface area (Å²) in [6.07, 6.45) is 5.26. The number of allylic oxidation sites excluding steroid dienone is 1. The maximum Gasteiger partial charge on any atom is 0.0700 e. The van der Waals surface area contributed by atoms with Crippen molar-refractivity contribution in [2.75, 3.05) is 33.5 Å². The molecule has 90 valence electrons. The van der Waals surface area contributed by atoms with Gasteiger partial charge in [0.05, 0.1) is 13.2 Å². The second-order valence-electron chi connectivity index (χ2n) is 3.68. The van der Waals surface area contributed by atoms with Gasteiger partial charge in [0, 0.05) is 19.8 Å². The predicted octanol–water partition coefficient (Wildman–Crippen LogP) is 1.98. The lowest BCUT2D eigenvalue weighted by molar-refractivity contribution is 0.0693. The number of nitrogens with one attached hydrogen (secondary N) is 1. The van der Waals surface area contributed by atoms with Gasteiger partial charge in [-0.15, -0.1) is 6.58 Å². The van der Waals surface area contributed by atoms with Crippen LogP contribution in [0.5, 0.6) is 0 Å². The van der Waals surface area contributed by atoms with Crippen LogP contribution in [0.15, 0.2) is 12.7 Å². The summed E-state index contributed by atoms with van der Waals surface area (Å²) >= 11 is 0. The molecule has 0 rings (SSSR count). The van der Waals surface area contributed by atoms with Gasteiger partial charge in [0.2, 0.25) is 0 Å². The lowest BCUT2D eigenvalue weighted by Crippen LogP contribution is -2.27. The van der Waals surface area contributed by atoms with Crippen LogP contribution < -0.4 is 5.32 Å². The minimum absolute atomic E-state index is 0.571. The van der Waals surface area contributed by atoms with Gasteiger partial charge in [-0.05, 0) is 32.7 Å². The molecule has 0 saturated heterocycles.